The van der Waals surface area contributed by atoms with Crippen molar-refractivity contribution in [1.29, 1.82) is 0 Å². The van der Waals surface area contributed by atoms with Crippen molar-refractivity contribution in [2.24, 2.45) is 0 Å². The lowest BCUT2D eigenvalue weighted by Gasteiger charge is -2.17. The molecular weight excluding hydrogens is 571 g/mol. The molecule has 0 aliphatic rings. The van der Waals surface area contributed by atoms with Gasteiger partial charge in [-0.2, -0.15) is 0 Å². The minimum absolute atomic E-state index is 0.00183. The van der Waals surface area contributed by atoms with Gasteiger partial charge in [-0.25, -0.2) is 4.57 Å². The molecule has 0 aromatic rings. The largest absolute Gasteiger partial charge is 0.379 e. The molecule has 0 aromatic carbocycles. The van der Waals surface area contributed by atoms with Crippen molar-refractivity contribution in [2.45, 2.75) is 207 Å². The number of unbranched alkanes of at least 4 members (excludes halogenated alkanes) is 26. The summed E-state index contributed by atoms with van der Waals surface area (Å²) in [6.07, 6.45) is 38.4. The SMILES string of the molecule is CCCCCCCCCCCCCCCCOCC(CS[P](=O)OCC)OCCCCCCCCCCCCCCCC. The van der Waals surface area contributed by atoms with Crippen LogP contribution in [0, 0.1) is 0 Å². The number of ether oxygens (including phenoxy) is 2. The Kier molecular flexibility index (Phi) is 38.8. The molecule has 0 aliphatic heterocycles. The van der Waals surface area contributed by atoms with Crippen LogP contribution in [0.25, 0.3) is 0 Å². The first-order valence-corrected chi connectivity index (χ1v) is 21.9. The quantitative estimate of drug-likeness (QED) is 0.0493. The molecule has 0 bridgehead atoms. The zero-order valence-electron chi connectivity index (χ0n) is 29.4. The molecule has 0 rings (SSSR count). The van der Waals surface area contributed by atoms with E-state index < -0.39 is 7.23 Å². The van der Waals surface area contributed by atoms with Crippen LogP contribution < -0.4 is 0 Å². The van der Waals surface area contributed by atoms with Gasteiger partial charge < -0.3 is 9.47 Å². The molecule has 2 atom stereocenters. The van der Waals surface area contributed by atoms with Gasteiger partial charge in [0.05, 0.1) is 19.3 Å². The Labute approximate surface area is 275 Å². The second-order valence-corrected chi connectivity index (χ2v) is 15.7. The fourth-order valence-corrected chi connectivity index (χ4v) is 7.76. The van der Waals surface area contributed by atoms with E-state index in [9.17, 15) is 4.57 Å². The molecule has 0 saturated heterocycles. The summed E-state index contributed by atoms with van der Waals surface area (Å²) >= 11 is 1.37. The fraction of sp³-hybridized carbons (Fsp3) is 1.00. The Bertz CT molecular complexity index is 537. The minimum atomic E-state index is -1.66. The minimum Gasteiger partial charge on any atom is -0.379 e. The average molecular weight is 648 g/mol. The first kappa shape index (κ1) is 43.3. The normalized spacial score (nSPS) is 12.7. The maximum absolute atomic E-state index is 12.0. The lowest BCUT2D eigenvalue weighted by molar-refractivity contribution is -0.00612. The van der Waals surface area contributed by atoms with Gasteiger partial charge in [-0.05, 0) is 31.1 Å². The number of rotatable bonds is 38. The fourth-order valence-electron chi connectivity index (χ4n) is 5.59. The molecule has 0 fully saturated rings. The van der Waals surface area contributed by atoms with Crippen molar-refractivity contribution >= 4 is 18.6 Å². The van der Waals surface area contributed by atoms with E-state index in [0.29, 0.717) is 19.0 Å². The predicted octanol–water partition coefficient (Wildman–Crippen LogP) is 13.8. The number of hydrogen-bond donors (Lipinski definition) is 0. The van der Waals surface area contributed by atoms with E-state index in [0.717, 1.165) is 26.1 Å². The van der Waals surface area contributed by atoms with Crippen molar-refractivity contribution < 1.29 is 18.6 Å². The van der Waals surface area contributed by atoms with Gasteiger partial charge in [-0.15, -0.1) is 0 Å². The van der Waals surface area contributed by atoms with Crippen LogP contribution in [-0.2, 0) is 18.6 Å². The van der Waals surface area contributed by atoms with Crippen LogP contribution in [0.2, 0.25) is 0 Å². The van der Waals surface area contributed by atoms with Gasteiger partial charge in [0.2, 0.25) is 0 Å². The molecule has 0 heterocycles. The van der Waals surface area contributed by atoms with Crippen molar-refractivity contribution in [3.63, 3.8) is 0 Å². The Hall–Kier alpha value is 0.330. The standard InChI is InChI=1S/C37H76O4PS/c1-4-7-9-11-13-15-17-19-21-23-25-27-29-31-33-39-35-37(36-43-42(38)41-6-3)40-34-32-30-28-26-24-22-20-18-16-14-12-10-8-5-2/h37H,4-36H2,1-3H3. The lowest BCUT2D eigenvalue weighted by atomic mass is 10.0. The summed E-state index contributed by atoms with van der Waals surface area (Å²) in [4.78, 5) is 0. The highest BCUT2D eigenvalue weighted by molar-refractivity contribution is 8.50. The molecule has 0 spiro atoms. The van der Waals surface area contributed by atoms with E-state index in [2.05, 4.69) is 13.8 Å². The third kappa shape index (κ3) is 36.7. The number of hydrogen-bond acceptors (Lipinski definition) is 5. The van der Waals surface area contributed by atoms with Crippen LogP contribution in [0.1, 0.15) is 201 Å². The Morgan fingerprint density at radius 2 is 0.837 bits per heavy atom. The topological polar surface area (TPSA) is 44.8 Å². The molecule has 0 aromatic heterocycles. The second kappa shape index (κ2) is 38.5. The average Bonchev–Trinajstić information content (AvgIpc) is 3.01. The summed E-state index contributed by atoms with van der Waals surface area (Å²) in [5.74, 6) is 0.673. The first-order chi connectivity index (χ1) is 21.2. The maximum atomic E-state index is 12.0. The highest BCUT2D eigenvalue weighted by atomic mass is 32.7. The molecule has 1 radical (unpaired) electrons. The Morgan fingerprint density at radius 1 is 0.488 bits per heavy atom. The van der Waals surface area contributed by atoms with Gasteiger partial charge >= 0.3 is 0 Å². The summed E-state index contributed by atoms with van der Waals surface area (Å²) in [5, 5.41) is 0. The molecular formula is C37H76O4PS. The van der Waals surface area contributed by atoms with Crippen molar-refractivity contribution in [2.75, 3.05) is 32.2 Å². The predicted molar refractivity (Wildman–Crippen MR) is 193 cm³/mol. The van der Waals surface area contributed by atoms with Gasteiger partial charge in [0, 0.05) is 19.0 Å². The molecule has 2 unspecified atom stereocenters. The third-order valence-electron chi connectivity index (χ3n) is 8.40. The van der Waals surface area contributed by atoms with E-state index in [1.165, 1.54) is 178 Å². The maximum Gasteiger partial charge on any atom is 0.277 e. The molecule has 0 aliphatic carbocycles. The Morgan fingerprint density at radius 3 is 1.21 bits per heavy atom. The van der Waals surface area contributed by atoms with E-state index in [-0.39, 0.29) is 6.10 Å². The van der Waals surface area contributed by atoms with Crippen molar-refractivity contribution in [3.8, 4) is 0 Å². The highest BCUT2D eigenvalue weighted by Gasteiger charge is 2.13. The molecule has 6 heteroatoms. The van der Waals surface area contributed by atoms with Crippen molar-refractivity contribution in [3.05, 3.63) is 0 Å². The lowest BCUT2D eigenvalue weighted by Crippen LogP contribution is -2.23. The molecule has 0 amide bonds. The van der Waals surface area contributed by atoms with Gasteiger partial charge in [-0.3, -0.25) is 4.52 Å². The van der Waals surface area contributed by atoms with Gasteiger partial charge in [0.25, 0.3) is 7.23 Å². The van der Waals surface area contributed by atoms with E-state index in [1.54, 1.807) is 0 Å². The van der Waals surface area contributed by atoms with E-state index >= 15 is 0 Å². The van der Waals surface area contributed by atoms with E-state index in [1.807, 2.05) is 6.92 Å². The molecule has 43 heavy (non-hydrogen) atoms. The van der Waals surface area contributed by atoms with Crippen LogP contribution in [0.4, 0.5) is 0 Å². The Balaban J connectivity index is 3.71. The second-order valence-electron chi connectivity index (χ2n) is 12.7. The van der Waals surface area contributed by atoms with Gasteiger partial charge in [0.1, 0.15) is 0 Å². The zero-order chi connectivity index (χ0) is 31.3. The van der Waals surface area contributed by atoms with Crippen LogP contribution in [-0.4, -0.2) is 38.3 Å². The zero-order valence-corrected chi connectivity index (χ0v) is 31.1. The summed E-state index contributed by atoms with van der Waals surface area (Å²) in [5.41, 5.74) is 0. The van der Waals surface area contributed by atoms with E-state index in [4.69, 9.17) is 14.0 Å². The highest BCUT2D eigenvalue weighted by Crippen LogP contribution is 2.39. The van der Waals surface area contributed by atoms with Crippen LogP contribution in [0.15, 0.2) is 0 Å². The third-order valence-corrected chi connectivity index (χ3v) is 11.0. The summed E-state index contributed by atoms with van der Waals surface area (Å²) in [6.45, 7) is 9.13. The summed E-state index contributed by atoms with van der Waals surface area (Å²) in [7, 11) is -1.66. The molecule has 0 N–H and O–H groups in total. The first-order valence-electron chi connectivity index (χ1n) is 19.2. The summed E-state index contributed by atoms with van der Waals surface area (Å²) < 4.78 is 29.4. The smallest absolute Gasteiger partial charge is 0.277 e. The van der Waals surface area contributed by atoms with Crippen molar-refractivity contribution in [1.82, 2.24) is 0 Å². The molecule has 259 valence electrons. The van der Waals surface area contributed by atoms with Crippen LogP contribution in [0.3, 0.4) is 0 Å². The van der Waals surface area contributed by atoms with Gasteiger partial charge in [-0.1, -0.05) is 181 Å². The van der Waals surface area contributed by atoms with Crippen LogP contribution in [0.5, 0.6) is 0 Å². The van der Waals surface area contributed by atoms with Crippen LogP contribution >= 0.6 is 18.6 Å². The summed E-state index contributed by atoms with van der Waals surface area (Å²) in [6, 6.07) is 0. The molecule has 4 nitrogen and oxygen atoms in total. The monoisotopic (exact) mass is 648 g/mol. The molecule has 0 saturated carbocycles. The van der Waals surface area contributed by atoms with Gasteiger partial charge in [0.15, 0.2) is 0 Å².